The van der Waals surface area contributed by atoms with Crippen LogP contribution in [-0.4, -0.2) is 28.4 Å². The van der Waals surface area contributed by atoms with Crippen LogP contribution in [0.4, 0.5) is 0 Å². The van der Waals surface area contributed by atoms with Crippen LogP contribution in [-0.2, 0) is 11.3 Å². The molecule has 1 N–H and O–H groups in total. The Kier molecular flexibility index (Phi) is 2.54. The fourth-order valence-electron chi connectivity index (χ4n) is 1.70. The van der Waals surface area contributed by atoms with Crippen molar-refractivity contribution in [3.8, 4) is 0 Å². The molecule has 1 saturated heterocycles. The van der Waals surface area contributed by atoms with Crippen molar-refractivity contribution in [1.29, 1.82) is 0 Å². The zero-order valence-corrected chi connectivity index (χ0v) is 7.85. The summed E-state index contributed by atoms with van der Waals surface area (Å²) < 4.78 is 7.33. The molecular weight excluding hydrogens is 182 g/mol. The summed E-state index contributed by atoms with van der Waals surface area (Å²) in [5.41, 5.74) is 0.336. The molecule has 0 radical (unpaired) electrons. The standard InChI is InChI=1S/C10H13NO3/c12-10(13)8-3-4-11(6-8)7-9-2-1-5-14-9/h3-4,6,9H,1-2,5,7H2,(H,12,13)/t9-/m0/s1. The van der Waals surface area contributed by atoms with Gasteiger partial charge in [0.05, 0.1) is 11.7 Å². The molecule has 0 amide bonds. The van der Waals surface area contributed by atoms with Crippen molar-refractivity contribution < 1.29 is 14.6 Å². The molecule has 14 heavy (non-hydrogen) atoms. The highest BCUT2D eigenvalue weighted by Gasteiger charge is 2.16. The lowest BCUT2D eigenvalue weighted by molar-refractivity contribution is 0.0695. The molecule has 2 rings (SSSR count). The third kappa shape index (κ3) is 1.96. The fraction of sp³-hybridized carbons (Fsp3) is 0.500. The molecule has 1 atom stereocenters. The van der Waals surface area contributed by atoms with Crippen molar-refractivity contribution in [3.63, 3.8) is 0 Å². The zero-order chi connectivity index (χ0) is 9.97. The summed E-state index contributed by atoms with van der Waals surface area (Å²) in [7, 11) is 0. The van der Waals surface area contributed by atoms with Gasteiger partial charge in [-0.25, -0.2) is 4.79 Å². The molecule has 4 nitrogen and oxygen atoms in total. The third-order valence-corrected chi connectivity index (χ3v) is 2.44. The van der Waals surface area contributed by atoms with E-state index in [1.807, 2.05) is 4.57 Å². The highest BCUT2D eigenvalue weighted by atomic mass is 16.5. The smallest absolute Gasteiger partial charge is 0.337 e. The van der Waals surface area contributed by atoms with Gasteiger partial charge in [-0.05, 0) is 18.9 Å². The van der Waals surface area contributed by atoms with E-state index >= 15 is 0 Å². The van der Waals surface area contributed by atoms with Gasteiger partial charge in [-0.15, -0.1) is 0 Å². The molecule has 0 aromatic carbocycles. The van der Waals surface area contributed by atoms with Crippen LogP contribution >= 0.6 is 0 Å². The summed E-state index contributed by atoms with van der Waals surface area (Å²) in [6.07, 6.45) is 5.86. The average molecular weight is 195 g/mol. The lowest BCUT2D eigenvalue weighted by Crippen LogP contribution is -2.13. The van der Waals surface area contributed by atoms with E-state index in [-0.39, 0.29) is 6.10 Å². The minimum atomic E-state index is -0.879. The van der Waals surface area contributed by atoms with E-state index in [9.17, 15) is 4.79 Å². The van der Waals surface area contributed by atoms with E-state index in [0.29, 0.717) is 5.56 Å². The molecule has 0 aliphatic carbocycles. The van der Waals surface area contributed by atoms with Gasteiger partial charge in [-0.2, -0.15) is 0 Å². The number of ether oxygens (including phenoxy) is 1. The average Bonchev–Trinajstić information content (AvgIpc) is 2.75. The van der Waals surface area contributed by atoms with Gasteiger partial charge < -0.3 is 14.4 Å². The van der Waals surface area contributed by atoms with Crippen molar-refractivity contribution in [2.45, 2.75) is 25.5 Å². The quantitative estimate of drug-likeness (QED) is 0.792. The van der Waals surface area contributed by atoms with Crippen LogP contribution in [0.3, 0.4) is 0 Å². The monoisotopic (exact) mass is 195 g/mol. The Morgan fingerprint density at radius 1 is 1.71 bits per heavy atom. The van der Waals surface area contributed by atoms with Gasteiger partial charge in [-0.3, -0.25) is 0 Å². The first-order valence-electron chi connectivity index (χ1n) is 4.76. The number of nitrogens with zero attached hydrogens (tertiary/aromatic N) is 1. The summed E-state index contributed by atoms with van der Waals surface area (Å²) in [6, 6.07) is 1.61. The molecule has 0 unspecified atom stereocenters. The van der Waals surface area contributed by atoms with Crippen LogP contribution in [0.1, 0.15) is 23.2 Å². The van der Waals surface area contributed by atoms with Crippen LogP contribution in [0.5, 0.6) is 0 Å². The van der Waals surface area contributed by atoms with Crippen molar-refractivity contribution in [3.05, 3.63) is 24.0 Å². The van der Waals surface area contributed by atoms with E-state index < -0.39 is 5.97 Å². The molecular formula is C10H13NO3. The predicted molar refractivity (Wildman–Crippen MR) is 50.4 cm³/mol. The van der Waals surface area contributed by atoms with E-state index in [1.165, 1.54) is 0 Å². The van der Waals surface area contributed by atoms with Crippen molar-refractivity contribution >= 4 is 5.97 Å². The summed E-state index contributed by atoms with van der Waals surface area (Å²) in [4.78, 5) is 10.6. The minimum absolute atomic E-state index is 0.254. The van der Waals surface area contributed by atoms with Crippen LogP contribution in [0, 0.1) is 0 Å². The van der Waals surface area contributed by atoms with Crippen LogP contribution < -0.4 is 0 Å². The topological polar surface area (TPSA) is 51.5 Å². The summed E-state index contributed by atoms with van der Waals surface area (Å²) in [6.45, 7) is 1.59. The molecule has 1 fully saturated rings. The second-order valence-electron chi connectivity index (χ2n) is 3.54. The lowest BCUT2D eigenvalue weighted by atomic mass is 10.2. The van der Waals surface area contributed by atoms with Gasteiger partial charge in [0.1, 0.15) is 0 Å². The molecule has 1 aromatic heterocycles. The van der Waals surface area contributed by atoms with E-state index in [1.54, 1.807) is 18.5 Å². The number of aromatic carboxylic acids is 1. The van der Waals surface area contributed by atoms with E-state index in [0.717, 1.165) is 26.0 Å². The summed E-state index contributed by atoms with van der Waals surface area (Å²) in [5.74, 6) is -0.879. The Labute approximate surface area is 82.1 Å². The second-order valence-corrected chi connectivity index (χ2v) is 3.54. The number of carbonyl (C=O) groups is 1. The fourth-order valence-corrected chi connectivity index (χ4v) is 1.70. The van der Waals surface area contributed by atoms with Gasteiger partial charge in [-0.1, -0.05) is 0 Å². The summed E-state index contributed by atoms with van der Waals surface area (Å²) in [5, 5.41) is 8.71. The van der Waals surface area contributed by atoms with Crippen LogP contribution in [0.25, 0.3) is 0 Å². The van der Waals surface area contributed by atoms with Crippen LogP contribution in [0.15, 0.2) is 18.5 Å². The predicted octanol–water partition coefficient (Wildman–Crippen LogP) is 1.37. The molecule has 0 spiro atoms. The lowest BCUT2D eigenvalue weighted by Gasteiger charge is -2.09. The third-order valence-electron chi connectivity index (χ3n) is 2.44. The Morgan fingerprint density at radius 3 is 3.14 bits per heavy atom. The Balaban J connectivity index is 1.98. The summed E-state index contributed by atoms with van der Waals surface area (Å²) >= 11 is 0. The number of aromatic nitrogens is 1. The molecule has 0 bridgehead atoms. The Bertz CT molecular complexity index is 326. The SMILES string of the molecule is O=C(O)c1ccn(C[C@@H]2CCCO2)c1. The minimum Gasteiger partial charge on any atom is -0.478 e. The molecule has 1 aliphatic heterocycles. The number of rotatable bonds is 3. The maximum Gasteiger partial charge on any atom is 0.337 e. The highest BCUT2D eigenvalue weighted by Crippen LogP contribution is 2.14. The van der Waals surface area contributed by atoms with Gasteiger partial charge in [0, 0.05) is 25.5 Å². The molecule has 0 saturated carbocycles. The van der Waals surface area contributed by atoms with Crippen molar-refractivity contribution in [2.24, 2.45) is 0 Å². The zero-order valence-electron chi connectivity index (χ0n) is 7.85. The number of hydrogen-bond donors (Lipinski definition) is 1. The molecule has 1 aliphatic rings. The maximum atomic E-state index is 10.6. The van der Waals surface area contributed by atoms with Crippen molar-refractivity contribution in [1.82, 2.24) is 4.57 Å². The molecule has 4 heteroatoms. The maximum absolute atomic E-state index is 10.6. The Morgan fingerprint density at radius 2 is 2.57 bits per heavy atom. The molecule has 76 valence electrons. The van der Waals surface area contributed by atoms with E-state index in [4.69, 9.17) is 9.84 Å². The number of carboxylic acids is 1. The van der Waals surface area contributed by atoms with Crippen LogP contribution in [0.2, 0.25) is 0 Å². The van der Waals surface area contributed by atoms with Crippen molar-refractivity contribution in [2.75, 3.05) is 6.61 Å². The van der Waals surface area contributed by atoms with Gasteiger partial charge in [0.2, 0.25) is 0 Å². The Hall–Kier alpha value is -1.29. The van der Waals surface area contributed by atoms with E-state index in [2.05, 4.69) is 0 Å². The normalized spacial score (nSPS) is 21.3. The van der Waals surface area contributed by atoms with Gasteiger partial charge >= 0.3 is 5.97 Å². The van der Waals surface area contributed by atoms with Gasteiger partial charge in [0.15, 0.2) is 0 Å². The molecule has 1 aromatic rings. The largest absolute Gasteiger partial charge is 0.478 e. The molecule has 2 heterocycles. The van der Waals surface area contributed by atoms with Gasteiger partial charge in [0.25, 0.3) is 0 Å². The number of carboxylic acid groups (broad SMARTS) is 1. The first-order valence-corrected chi connectivity index (χ1v) is 4.76. The second kappa shape index (κ2) is 3.84. The first-order chi connectivity index (χ1) is 6.75. The number of hydrogen-bond acceptors (Lipinski definition) is 2. The highest BCUT2D eigenvalue weighted by molar-refractivity contribution is 5.87. The first kappa shape index (κ1) is 9.27.